The summed E-state index contributed by atoms with van der Waals surface area (Å²) in [6.07, 6.45) is 3.54. The second-order valence-corrected chi connectivity index (χ2v) is 7.14. The van der Waals surface area contributed by atoms with Gasteiger partial charge in [0.1, 0.15) is 0 Å². The number of hydrogen-bond donors (Lipinski definition) is 0. The Morgan fingerprint density at radius 3 is 2.72 bits per heavy atom. The largest absolute Gasteiger partial charge is 0.447 e. The molecule has 1 amide bonds. The molecule has 6 heteroatoms. The molecule has 2 heterocycles. The number of halogens is 1. The molecule has 4 nitrogen and oxygen atoms in total. The number of likely N-dealkylation sites (tertiary alicyclic amines) is 1. The van der Waals surface area contributed by atoms with Crippen LogP contribution in [-0.2, 0) is 4.74 Å². The number of aromatic nitrogens is 1. The van der Waals surface area contributed by atoms with Gasteiger partial charge in [-0.2, -0.15) is 0 Å². The molecule has 1 saturated heterocycles. The minimum atomic E-state index is -0.191. The summed E-state index contributed by atoms with van der Waals surface area (Å²) in [4.78, 5) is 17.9. The van der Waals surface area contributed by atoms with Crippen LogP contribution < -0.4 is 0 Å². The summed E-state index contributed by atoms with van der Waals surface area (Å²) in [6, 6.07) is 0. The van der Waals surface area contributed by atoms with Crippen molar-refractivity contribution in [2.75, 3.05) is 13.1 Å². The van der Waals surface area contributed by atoms with E-state index in [9.17, 15) is 4.79 Å². The first-order chi connectivity index (χ1) is 8.56. The van der Waals surface area contributed by atoms with Gasteiger partial charge in [-0.3, -0.25) is 0 Å². The molecular weight excluding hydrogens is 316 g/mol. The second-order valence-electron chi connectivity index (χ2n) is 4.70. The average molecular weight is 333 g/mol. The number of thiazole rings is 1. The van der Waals surface area contributed by atoms with Crippen LogP contribution in [0, 0.1) is 0 Å². The Bertz CT molecular complexity index is 414. The summed E-state index contributed by atoms with van der Waals surface area (Å²) in [6.45, 7) is 5.26. The first kappa shape index (κ1) is 13.8. The smallest absolute Gasteiger partial charge is 0.410 e. The molecule has 0 atom stereocenters. The third kappa shape index (κ3) is 3.45. The van der Waals surface area contributed by atoms with Crippen LogP contribution in [0.4, 0.5) is 4.79 Å². The molecular formula is C12H17BrN2O2S. The van der Waals surface area contributed by atoms with Crippen LogP contribution in [0.25, 0.3) is 0 Å². The fourth-order valence-corrected chi connectivity index (χ4v) is 3.45. The Hall–Kier alpha value is -0.620. The van der Waals surface area contributed by atoms with Gasteiger partial charge in [0.05, 0.1) is 21.1 Å². The molecule has 1 aliphatic rings. The molecule has 0 N–H and O–H groups in total. The van der Waals surface area contributed by atoms with E-state index >= 15 is 0 Å². The van der Waals surface area contributed by atoms with Gasteiger partial charge in [0, 0.05) is 19.0 Å². The summed E-state index contributed by atoms with van der Waals surface area (Å²) >= 11 is 5.12. The van der Waals surface area contributed by atoms with E-state index in [0.29, 0.717) is 5.92 Å². The molecule has 1 aromatic rings. The Balaban J connectivity index is 1.86. The minimum absolute atomic E-state index is 0.0508. The van der Waals surface area contributed by atoms with E-state index in [1.54, 1.807) is 16.2 Å². The zero-order valence-corrected chi connectivity index (χ0v) is 13.0. The van der Waals surface area contributed by atoms with Gasteiger partial charge in [0.15, 0.2) is 0 Å². The number of carbonyl (C=O) groups is 1. The molecule has 0 radical (unpaired) electrons. The number of nitrogens with zero attached hydrogens (tertiary/aromatic N) is 2. The van der Waals surface area contributed by atoms with Crippen LogP contribution in [-0.4, -0.2) is 35.2 Å². The second kappa shape index (κ2) is 6.02. The number of piperidine rings is 1. The fourth-order valence-electron chi connectivity index (χ4n) is 2.04. The quantitative estimate of drug-likeness (QED) is 0.830. The molecule has 0 bridgehead atoms. The van der Waals surface area contributed by atoms with E-state index in [1.165, 1.54) is 5.01 Å². The lowest BCUT2D eigenvalue weighted by Gasteiger charge is -2.30. The van der Waals surface area contributed by atoms with Crippen molar-refractivity contribution in [2.24, 2.45) is 0 Å². The molecule has 1 aromatic heterocycles. The molecule has 18 heavy (non-hydrogen) atoms. The van der Waals surface area contributed by atoms with Crippen molar-refractivity contribution >= 4 is 33.4 Å². The average Bonchev–Trinajstić information content (AvgIpc) is 2.75. The number of amides is 1. The van der Waals surface area contributed by atoms with Crippen LogP contribution in [0.2, 0.25) is 0 Å². The first-order valence-corrected chi connectivity index (χ1v) is 7.74. The predicted octanol–water partition coefficient (Wildman–Crippen LogP) is 3.63. The van der Waals surface area contributed by atoms with E-state index in [4.69, 9.17) is 4.74 Å². The highest BCUT2D eigenvalue weighted by atomic mass is 79.9. The molecule has 100 valence electrons. The van der Waals surface area contributed by atoms with Gasteiger partial charge in [0.2, 0.25) is 0 Å². The van der Waals surface area contributed by atoms with Crippen LogP contribution in [0.1, 0.15) is 37.6 Å². The van der Waals surface area contributed by atoms with Gasteiger partial charge >= 0.3 is 6.09 Å². The molecule has 2 rings (SSSR count). The van der Waals surface area contributed by atoms with Crippen molar-refractivity contribution in [3.05, 3.63) is 15.0 Å². The van der Waals surface area contributed by atoms with Crippen LogP contribution >= 0.6 is 27.3 Å². The van der Waals surface area contributed by atoms with E-state index < -0.39 is 0 Å². The molecule has 0 aliphatic carbocycles. The number of hydrogen-bond acceptors (Lipinski definition) is 4. The summed E-state index contributed by atoms with van der Waals surface area (Å²) in [7, 11) is 0. The Labute approximate surface area is 119 Å². The first-order valence-electron chi connectivity index (χ1n) is 6.13. The van der Waals surface area contributed by atoms with Crippen molar-refractivity contribution in [1.29, 1.82) is 0 Å². The maximum atomic E-state index is 11.7. The van der Waals surface area contributed by atoms with Gasteiger partial charge in [-0.05, 0) is 42.6 Å². The van der Waals surface area contributed by atoms with Crippen molar-refractivity contribution in [1.82, 2.24) is 9.88 Å². The standard InChI is InChI=1S/C12H17BrN2O2S/c1-8(2)17-12(16)15-5-3-9(4-6-15)11-14-7-10(13)18-11/h7-9H,3-6H2,1-2H3. The fraction of sp³-hybridized carbons (Fsp3) is 0.667. The van der Waals surface area contributed by atoms with Crippen molar-refractivity contribution < 1.29 is 9.53 Å². The highest BCUT2D eigenvalue weighted by Crippen LogP contribution is 2.32. The molecule has 0 spiro atoms. The van der Waals surface area contributed by atoms with E-state index in [0.717, 1.165) is 29.7 Å². The predicted molar refractivity (Wildman–Crippen MR) is 75.0 cm³/mol. The Morgan fingerprint density at radius 2 is 2.22 bits per heavy atom. The maximum Gasteiger partial charge on any atom is 0.410 e. The number of rotatable bonds is 2. The lowest BCUT2D eigenvalue weighted by molar-refractivity contribution is 0.0692. The Kier molecular flexibility index (Phi) is 4.61. The number of ether oxygens (including phenoxy) is 1. The molecule has 0 saturated carbocycles. The third-order valence-electron chi connectivity index (χ3n) is 2.93. The molecule has 0 aromatic carbocycles. The van der Waals surface area contributed by atoms with Crippen molar-refractivity contribution in [3.63, 3.8) is 0 Å². The minimum Gasteiger partial charge on any atom is -0.447 e. The lowest BCUT2D eigenvalue weighted by atomic mass is 9.98. The highest BCUT2D eigenvalue weighted by molar-refractivity contribution is 9.11. The Morgan fingerprint density at radius 1 is 1.56 bits per heavy atom. The van der Waals surface area contributed by atoms with Crippen molar-refractivity contribution in [2.45, 2.75) is 38.7 Å². The maximum absolute atomic E-state index is 11.7. The summed E-state index contributed by atoms with van der Waals surface area (Å²) in [5.41, 5.74) is 0. The zero-order valence-electron chi connectivity index (χ0n) is 10.6. The van der Waals surface area contributed by atoms with Gasteiger partial charge in [0.25, 0.3) is 0 Å². The molecule has 1 fully saturated rings. The third-order valence-corrected chi connectivity index (χ3v) is 4.57. The van der Waals surface area contributed by atoms with Gasteiger partial charge < -0.3 is 9.64 Å². The normalized spacial score (nSPS) is 17.2. The SMILES string of the molecule is CC(C)OC(=O)N1CCC(c2ncc(Br)s2)CC1. The van der Waals surface area contributed by atoms with E-state index in [-0.39, 0.29) is 12.2 Å². The van der Waals surface area contributed by atoms with Gasteiger partial charge in [-0.1, -0.05) is 0 Å². The van der Waals surface area contributed by atoms with E-state index in [1.807, 2.05) is 20.0 Å². The van der Waals surface area contributed by atoms with Crippen LogP contribution in [0.3, 0.4) is 0 Å². The van der Waals surface area contributed by atoms with E-state index in [2.05, 4.69) is 20.9 Å². The lowest BCUT2D eigenvalue weighted by Crippen LogP contribution is -2.39. The zero-order chi connectivity index (χ0) is 13.1. The monoisotopic (exact) mass is 332 g/mol. The van der Waals surface area contributed by atoms with Gasteiger partial charge in [-0.15, -0.1) is 11.3 Å². The highest BCUT2D eigenvalue weighted by Gasteiger charge is 2.26. The summed E-state index contributed by atoms with van der Waals surface area (Å²) < 4.78 is 6.27. The summed E-state index contributed by atoms with van der Waals surface area (Å²) in [5.74, 6) is 0.476. The van der Waals surface area contributed by atoms with Crippen molar-refractivity contribution in [3.8, 4) is 0 Å². The molecule has 1 aliphatic heterocycles. The van der Waals surface area contributed by atoms with Crippen LogP contribution in [0.15, 0.2) is 9.98 Å². The van der Waals surface area contributed by atoms with Gasteiger partial charge in [-0.25, -0.2) is 9.78 Å². The number of carbonyl (C=O) groups excluding carboxylic acids is 1. The topological polar surface area (TPSA) is 42.4 Å². The van der Waals surface area contributed by atoms with Crippen LogP contribution in [0.5, 0.6) is 0 Å². The molecule has 0 unspecified atom stereocenters. The summed E-state index contributed by atoms with van der Waals surface area (Å²) in [5, 5.41) is 1.17.